The molecule has 0 radical (unpaired) electrons. The maximum atomic E-state index is 11.7. The number of rotatable bonds is 6. The molecule has 1 fully saturated rings. The largest absolute Gasteiger partial charge is 0.259 e. The SMILES string of the molecule is O=[S@@](CCCCN=C=S)C1CCCC1. The summed E-state index contributed by atoms with van der Waals surface area (Å²) in [4.78, 5) is 3.83. The van der Waals surface area contributed by atoms with E-state index in [1.807, 2.05) is 0 Å². The summed E-state index contributed by atoms with van der Waals surface area (Å²) in [6.45, 7) is 0.741. The normalized spacial score (nSPS) is 19.1. The highest BCUT2D eigenvalue weighted by Gasteiger charge is 2.20. The highest BCUT2D eigenvalue weighted by Crippen LogP contribution is 2.23. The molecule has 0 amide bonds. The summed E-state index contributed by atoms with van der Waals surface area (Å²) < 4.78 is 11.7. The number of hydrogen-bond acceptors (Lipinski definition) is 3. The zero-order chi connectivity index (χ0) is 10.2. The van der Waals surface area contributed by atoms with Crippen molar-refractivity contribution in [2.75, 3.05) is 12.3 Å². The van der Waals surface area contributed by atoms with Gasteiger partial charge in [-0.25, -0.2) is 4.99 Å². The Bertz CT molecular complexity index is 230. The van der Waals surface area contributed by atoms with Crippen LogP contribution in [0, 0.1) is 0 Å². The molecule has 0 aromatic rings. The maximum Gasteiger partial charge on any atom is 0.0584 e. The van der Waals surface area contributed by atoms with Crippen molar-refractivity contribution in [3.63, 3.8) is 0 Å². The van der Waals surface area contributed by atoms with Crippen molar-refractivity contribution in [1.82, 2.24) is 0 Å². The second-order valence-corrected chi connectivity index (χ2v) is 5.69. The van der Waals surface area contributed by atoms with Gasteiger partial charge in [0, 0.05) is 28.3 Å². The van der Waals surface area contributed by atoms with Gasteiger partial charge in [-0.2, -0.15) is 0 Å². The van der Waals surface area contributed by atoms with E-state index in [1.165, 1.54) is 25.7 Å². The lowest BCUT2D eigenvalue weighted by Crippen LogP contribution is -2.13. The van der Waals surface area contributed by atoms with Crippen molar-refractivity contribution in [3.05, 3.63) is 0 Å². The van der Waals surface area contributed by atoms with Gasteiger partial charge in [-0.1, -0.05) is 12.8 Å². The molecule has 1 rings (SSSR count). The predicted molar refractivity (Wildman–Crippen MR) is 64.4 cm³/mol. The summed E-state index contributed by atoms with van der Waals surface area (Å²) in [5.41, 5.74) is 0. The Hall–Kier alpha value is -0.0500. The van der Waals surface area contributed by atoms with E-state index in [9.17, 15) is 4.21 Å². The Morgan fingerprint density at radius 2 is 2.07 bits per heavy atom. The summed E-state index contributed by atoms with van der Waals surface area (Å²) in [5.74, 6) is 0.845. The quantitative estimate of drug-likeness (QED) is 0.399. The molecule has 80 valence electrons. The van der Waals surface area contributed by atoms with E-state index in [0.29, 0.717) is 5.25 Å². The molecule has 0 aromatic heterocycles. The number of unbranched alkanes of at least 4 members (excludes halogenated alkanes) is 1. The van der Waals surface area contributed by atoms with E-state index in [4.69, 9.17) is 0 Å². The lowest BCUT2D eigenvalue weighted by atomic mass is 10.3. The monoisotopic (exact) mass is 231 g/mol. The van der Waals surface area contributed by atoms with E-state index < -0.39 is 10.8 Å². The molecule has 0 bridgehead atoms. The van der Waals surface area contributed by atoms with Crippen LogP contribution in [0.1, 0.15) is 38.5 Å². The van der Waals surface area contributed by atoms with Gasteiger partial charge in [0.2, 0.25) is 0 Å². The molecule has 0 N–H and O–H groups in total. The molecule has 0 aliphatic heterocycles. The fourth-order valence-corrected chi connectivity index (χ4v) is 3.57. The van der Waals surface area contributed by atoms with Gasteiger partial charge in [-0.05, 0) is 37.9 Å². The first kappa shape index (κ1) is 12.0. The molecule has 1 aliphatic carbocycles. The number of aliphatic imine (C=N–C) groups is 1. The van der Waals surface area contributed by atoms with Gasteiger partial charge in [0.15, 0.2) is 0 Å². The van der Waals surface area contributed by atoms with Gasteiger partial charge in [0.05, 0.1) is 5.16 Å². The van der Waals surface area contributed by atoms with Crippen LogP contribution >= 0.6 is 12.2 Å². The molecular weight excluding hydrogens is 214 g/mol. The van der Waals surface area contributed by atoms with Crippen LogP contribution in [0.5, 0.6) is 0 Å². The van der Waals surface area contributed by atoms with Crippen LogP contribution in [-0.4, -0.2) is 26.9 Å². The van der Waals surface area contributed by atoms with Crippen molar-refractivity contribution in [3.8, 4) is 0 Å². The Kier molecular flexibility index (Phi) is 6.24. The topological polar surface area (TPSA) is 29.4 Å². The molecule has 2 nitrogen and oxygen atoms in total. The van der Waals surface area contributed by atoms with Gasteiger partial charge in [-0.3, -0.25) is 4.21 Å². The lowest BCUT2D eigenvalue weighted by molar-refractivity contribution is 0.664. The average Bonchev–Trinajstić information content (AvgIpc) is 2.70. The first-order valence-electron chi connectivity index (χ1n) is 5.25. The van der Waals surface area contributed by atoms with E-state index in [1.54, 1.807) is 0 Å². The van der Waals surface area contributed by atoms with Gasteiger partial charge in [0.1, 0.15) is 0 Å². The zero-order valence-corrected chi connectivity index (χ0v) is 10.0. The van der Waals surface area contributed by atoms with Crippen molar-refractivity contribution in [2.24, 2.45) is 4.99 Å². The van der Waals surface area contributed by atoms with Crippen LogP contribution in [0.3, 0.4) is 0 Å². The van der Waals surface area contributed by atoms with Crippen LogP contribution in [0.4, 0.5) is 0 Å². The van der Waals surface area contributed by atoms with Crippen LogP contribution in [-0.2, 0) is 10.8 Å². The lowest BCUT2D eigenvalue weighted by Gasteiger charge is -2.07. The van der Waals surface area contributed by atoms with Gasteiger partial charge < -0.3 is 0 Å². The summed E-state index contributed by atoms with van der Waals surface area (Å²) in [7, 11) is -0.589. The van der Waals surface area contributed by atoms with Crippen LogP contribution in [0.15, 0.2) is 4.99 Å². The standard InChI is InChI=1S/C10H17NOS2/c12-14(10-5-1-2-6-10)8-4-3-7-11-9-13/h10H,1-8H2/t14-/m0/s1. The fraction of sp³-hybridized carbons (Fsp3) is 0.900. The van der Waals surface area contributed by atoms with Crippen LogP contribution < -0.4 is 0 Å². The highest BCUT2D eigenvalue weighted by molar-refractivity contribution is 7.85. The predicted octanol–water partition coefficient (Wildman–Crippen LogP) is 2.56. The van der Waals surface area contributed by atoms with E-state index in [-0.39, 0.29) is 0 Å². The average molecular weight is 231 g/mol. The summed E-state index contributed by atoms with van der Waals surface area (Å²) in [5, 5.41) is 2.83. The van der Waals surface area contributed by atoms with E-state index in [0.717, 1.165) is 25.1 Å². The van der Waals surface area contributed by atoms with Crippen molar-refractivity contribution < 1.29 is 4.21 Å². The third-order valence-electron chi connectivity index (χ3n) is 2.60. The molecule has 0 heterocycles. The second-order valence-electron chi connectivity index (χ2n) is 3.67. The maximum absolute atomic E-state index is 11.7. The number of nitrogens with zero attached hydrogens (tertiary/aromatic N) is 1. The molecule has 14 heavy (non-hydrogen) atoms. The van der Waals surface area contributed by atoms with E-state index in [2.05, 4.69) is 22.4 Å². The molecular formula is C10H17NOS2. The summed E-state index contributed by atoms with van der Waals surface area (Å²) in [6, 6.07) is 0. The Morgan fingerprint density at radius 1 is 1.36 bits per heavy atom. The molecule has 0 aromatic carbocycles. The Balaban J connectivity index is 2.05. The molecule has 1 saturated carbocycles. The summed E-state index contributed by atoms with van der Waals surface area (Å²) in [6.07, 6.45) is 6.87. The molecule has 1 aliphatic rings. The number of thiocarbonyl (C=S) groups is 1. The van der Waals surface area contributed by atoms with Crippen molar-refractivity contribution in [2.45, 2.75) is 43.8 Å². The fourth-order valence-electron chi connectivity index (χ4n) is 1.80. The Labute approximate surface area is 93.6 Å². The minimum absolute atomic E-state index is 0.490. The van der Waals surface area contributed by atoms with Crippen LogP contribution in [0.25, 0.3) is 0 Å². The minimum Gasteiger partial charge on any atom is -0.259 e. The number of isothiocyanates is 1. The van der Waals surface area contributed by atoms with E-state index >= 15 is 0 Å². The third-order valence-corrected chi connectivity index (χ3v) is 4.64. The second kappa shape index (κ2) is 7.27. The molecule has 1 atom stereocenters. The molecule has 0 saturated heterocycles. The van der Waals surface area contributed by atoms with Gasteiger partial charge >= 0.3 is 0 Å². The summed E-state index contributed by atoms with van der Waals surface area (Å²) >= 11 is 4.46. The Morgan fingerprint density at radius 3 is 2.71 bits per heavy atom. The van der Waals surface area contributed by atoms with Gasteiger partial charge in [-0.15, -0.1) is 0 Å². The zero-order valence-electron chi connectivity index (χ0n) is 8.41. The first-order valence-corrected chi connectivity index (χ1v) is 7.04. The minimum atomic E-state index is -0.589. The third kappa shape index (κ3) is 4.45. The first-order chi connectivity index (χ1) is 6.84. The van der Waals surface area contributed by atoms with Gasteiger partial charge in [0.25, 0.3) is 0 Å². The smallest absolute Gasteiger partial charge is 0.0584 e. The highest BCUT2D eigenvalue weighted by atomic mass is 32.2. The van der Waals surface area contributed by atoms with Crippen molar-refractivity contribution >= 4 is 28.2 Å². The molecule has 0 unspecified atom stereocenters. The number of hydrogen-bond donors (Lipinski definition) is 0. The van der Waals surface area contributed by atoms with Crippen LogP contribution in [0.2, 0.25) is 0 Å². The van der Waals surface area contributed by atoms with Crippen molar-refractivity contribution in [1.29, 1.82) is 0 Å². The molecule has 4 heteroatoms. The molecule has 0 spiro atoms.